The van der Waals surface area contributed by atoms with Crippen LogP contribution < -0.4 is 5.32 Å². The molecule has 0 bridgehead atoms. The van der Waals surface area contributed by atoms with Crippen molar-refractivity contribution in [1.82, 2.24) is 10.2 Å². The number of nitrogens with one attached hydrogen (secondary N) is 1. The van der Waals surface area contributed by atoms with Crippen LogP contribution in [0, 0.1) is 11.8 Å². The number of carbonyl (C=O) groups is 2. The number of hydrogen-bond acceptors (Lipinski definition) is 2. The Hall–Kier alpha value is -2.48. The molecule has 1 aliphatic rings. The van der Waals surface area contributed by atoms with Crippen LogP contribution in [0.1, 0.15) is 24.0 Å². The van der Waals surface area contributed by atoms with Crippen LogP contribution in [0.4, 0.5) is 4.79 Å². The molecule has 0 fully saturated rings. The maximum atomic E-state index is 12.0. The number of amides is 2. The highest BCUT2D eigenvalue weighted by Gasteiger charge is 2.32. The molecule has 1 aromatic carbocycles. The second-order valence-electron chi connectivity index (χ2n) is 4.56. The van der Waals surface area contributed by atoms with Gasteiger partial charge in [0.15, 0.2) is 0 Å². The molecular formula is C15H16N2O3. The zero-order chi connectivity index (χ0) is 14.5. The summed E-state index contributed by atoms with van der Waals surface area (Å²) in [4.78, 5) is 24.9. The van der Waals surface area contributed by atoms with Gasteiger partial charge >= 0.3 is 12.0 Å². The van der Waals surface area contributed by atoms with Crippen LogP contribution in [0.3, 0.4) is 0 Å². The van der Waals surface area contributed by atoms with Gasteiger partial charge in [-0.2, -0.15) is 0 Å². The maximum Gasteiger partial charge on any atom is 0.318 e. The second kappa shape index (κ2) is 6.11. The fraction of sp³-hybridized carbons (Fsp3) is 0.333. The summed E-state index contributed by atoms with van der Waals surface area (Å²) in [6.07, 6.45) is 0. The van der Waals surface area contributed by atoms with Crippen molar-refractivity contribution in [3.63, 3.8) is 0 Å². The molecule has 1 aliphatic heterocycles. The second-order valence-corrected chi connectivity index (χ2v) is 4.56. The molecule has 2 N–H and O–H groups in total. The van der Waals surface area contributed by atoms with Gasteiger partial charge in [-0.1, -0.05) is 30.2 Å². The maximum absolute atomic E-state index is 12.0. The first-order valence-corrected chi connectivity index (χ1v) is 6.36. The van der Waals surface area contributed by atoms with Crippen LogP contribution >= 0.6 is 0 Å². The molecule has 5 nitrogen and oxygen atoms in total. The van der Waals surface area contributed by atoms with E-state index in [1.54, 1.807) is 6.92 Å². The number of carbonyl (C=O) groups excluding carboxylic acids is 1. The molecule has 1 atom stereocenters. The highest BCUT2D eigenvalue weighted by molar-refractivity contribution is 5.81. The molecule has 0 saturated carbocycles. The predicted molar refractivity (Wildman–Crippen MR) is 74.1 cm³/mol. The number of carboxylic acids is 1. The van der Waals surface area contributed by atoms with Gasteiger partial charge in [0.1, 0.15) is 0 Å². The molecule has 2 amide bonds. The van der Waals surface area contributed by atoms with Gasteiger partial charge in [-0.25, -0.2) is 4.79 Å². The smallest absolute Gasteiger partial charge is 0.318 e. The quantitative estimate of drug-likeness (QED) is 0.800. The van der Waals surface area contributed by atoms with Gasteiger partial charge in [-0.15, -0.1) is 5.92 Å². The van der Waals surface area contributed by atoms with E-state index in [1.165, 1.54) is 4.90 Å². The number of aliphatic carboxylic acids is 1. The fourth-order valence-electron chi connectivity index (χ4n) is 2.29. The van der Waals surface area contributed by atoms with Crippen molar-refractivity contribution in [2.45, 2.75) is 19.4 Å². The van der Waals surface area contributed by atoms with Crippen molar-refractivity contribution in [1.29, 1.82) is 0 Å². The van der Waals surface area contributed by atoms with Crippen LogP contribution in [0.25, 0.3) is 0 Å². The Morgan fingerprint density at radius 1 is 1.45 bits per heavy atom. The van der Waals surface area contributed by atoms with Gasteiger partial charge < -0.3 is 15.3 Å². The van der Waals surface area contributed by atoms with E-state index >= 15 is 0 Å². The summed E-state index contributed by atoms with van der Waals surface area (Å²) in [5.41, 5.74) is 1.67. The molecule has 0 aliphatic carbocycles. The van der Waals surface area contributed by atoms with Crippen LogP contribution in [0.15, 0.2) is 24.3 Å². The van der Waals surface area contributed by atoms with Crippen LogP contribution in [-0.2, 0) is 11.3 Å². The first-order valence-electron chi connectivity index (χ1n) is 6.36. The molecule has 0 aromatic heterocycles. The molecule has 0 spiro atoms. The lowest BCUT2D eigenvalue weighted by atomic mass is 9.90. The van der Waals surface area contributed by atoms with E-state index in [4.69, 9.17) is 0 Å². The Morgan fingerprint density at radius 2 is 2.20 bits per heavy atom. The number of benzene rings is 1. The molecule has 20 heavy (non-hydrogen) atoms. The molecule has 0 saturated heterocycles. The lowest BCUT2D eigenvalue weighted by Crippen LogP contribution is -2.45. The number of fused-ring (bicyclic) bond motifs is 1. The topological polar surface area (TPSA) is 69.6 Å². The number of carboxylic acid groups (broad SMARTS) is 1. The van der Waals surface area contributed by atoms with Crippen molar-refractivity contribution in [2.24, 2.45) is 0 Å². The van der Waals surface area contributed by atoms with E-state index in [0.29, 0.717) is 6.54 Å². The molecule has 2 rings (SSSR count). The van der Waals surface area contributed by atoms with Gasteiger partial charge in [-0.3, -0.25) is 4.79 Å². The first-order chi connectivity index (χ1) is 9.63. The lowest BCUT2D eigenvalue weighted by molar-refractivity contribution is -0.139. The first kappa shape index (κ1) is 13.9. The normalized spacial score (nSPS) is 16.6. The van der Waals surface area contributed by atoms with Gasteiger partial charge in [-0.05, 0) is 18.1 Å². The number of rotatable bonds is 2. The minimum absolute atomic E-state index is 0.178. The van der Waals surface area contributed by atoms with E-state index in [1.807, 2.05) is 24.3 Å². The summed E-state index contributed by atoms with van der Waals surface area (Å²) in [5, 5.41) is 12.0. The van der Waals surface area contributed by atoms with Crippen LogP contribution in [0.5, 0.6) is 0 Å². The average molecular weight is 272 g/mol. The fourth-order valence-corrected chi connectivity index (χ4v) is 2.29. The van der Waals surface area contributed by atoms with Gasteiger partial charge in [0.05, 0.1) is 12.5 Å². The summed E-state index contributed by atoms with van der Waals surface area (Å²) in [7, 11) is 0. The molecule has 0 radical (unpaired) electrons. The van der Waals surface area contributed by atoms with Crippen LogP contribution in [0.2, 0.25) is 0 Å². The Kier molecular flexibility index (Phi) is 4.26. The summed E-state index contributed by atoms with van der Waals surface area (Å²) < 4.78 is 0. The molecule has 1 heterocycles. The third-order valence-corrected chi connectivity index (χ3v) is 3.28. The van der Waals surface area contributed by atoms with E-state index in [0.717, 1.165) is 11.1 Å². The molecule has 1 unspecified atom stereocenters. The lowest BCUT2D eigenvalue weighted by Gasteiger charge is -2.32. The van der Waals surface area contributed by atoms with Crippen molar-refractivity contribution in [3.05, 3.63) is 35.4 Å². The highest BCUT2D eigenvalue weighted by Crippen LogP contribution is 2.28. The number of urea groups is 1. The van der Waals surface area contributed by atoms with Crippen molar-refractivity contribution in [3.8, 4) is 11.8 Å². The number of hydrogen-bond donors (Lipinski definition) is 2. The van der Waals surface area contributed by atoms with Crippen LogP contribution in [-0.4, -0.2) is 35.1 Å². The predicted octanol–water partition coefficient (Wildman–Crippen LogP) is 1.40. The molecule has 104 valence electrons. The summed E-state index contributed by atoms with van der Waals surface area (Å²) in [5.74, 6) is 3.85. The summed E-state index contributed by atoms with van der Waals surface area (Å²) in [6, 6.07) is 7.06. The van der Waals surface area contributed by atoms with Gasteiger partial charge in [0.25, 0.3) is 0 Å². The van der Waals surface area contributed by atoms with Gasteiger partial charge in [0, 0.05) is 13.1 Å². The Bertz CT molecular complexity index is 586. The minimum Gasteiger partial charge on any atom is -0.481 e. The Balaban J connectivity index is 2.17. The van der Waals surface area contributed by atoms with E-state index in [-0.39, 0.29) is 19.1 Å². The van der Waals surface area contributed by atoms with E-state index in [2.05, 4.69) is 17.2 Å². The van der Waals surface area contributed by atoms with Crippen molar-refractivity contribution < 1.29 is 14.7 Å². The highest BCUT2D eigenvalue weighted by atomic mass is 16.4. The largest absolute Gasteiger partial charge is 0.481 e. The average Bonchev–Trinajstić information content (AvgIpc) is 2.46. The summed E-state index contributed by atoms with van der Waals surface area (Å²) >= 11 is 0. The molecule has 5 heteroatoms. The van der Waals surface area contributed by atoms with E-state index in [9.17, 15) is 14.7 Å². The Morgan fingerprint density at radius 3 is 2.90 bits per heavy atom. The zero-order valence-corrected chi connectivity index (χ0v) is 11.2. The summed E-state index contributed by atoms with van der Waals surface area (Å²) in [6.45, 7) is 2.57. The minimum atomic E-state index is -0.914. The number of nitrogens with zero attached hydrogens (tertiary/aromatic N) is 1. The van der Waals surface area contributed by atoms with Crippen molar-refractivity contribution >= 4 is 12.0 Å². The third-order valence-electron chi connectivity index (χ3n) is 3.28. The molecule has 1 aromatic rings. The van der Waals surface area contributed by atoms with Crippen molar-refractivity contribution in [2.75, 3.05) is 13.1 Å². The van der Waals surface area contributed by atoms with Gasteiger partial charge in [0.2, 0.25) is 0 Å². The van der Waals surface area contributed by atoms with E-state index < -0.39 is 11.9 Å². The Labute approximate surface area is 117 Å². The molecular weight excluding hydrogens is 256 g/mol. The third kappa shape index (κ3) is 2.91. The standard InChI is InChI=1S/C15H16N2O3/c1-2-3-8-16-15(20)17-9-11-6-4-5-7-12(11)13(10-17)14(18)19/h4-7,13H,8-10H2,1H3,(H,16,20)(H,18,19). The monoisotopic (exact) mass is 272 g/mol. The zero-order valence-electron chi connectivity index (χ0n) is 11.2. The SMILES string of the molecule is CC#CCNC(=O)N1Cc2ccccc2C(C(=O)O)C1.